The Bertz CT molecular complexity index is 552. The van der Waals surface area contributed by atoms with Gasteiger partial charge >= 0.3 is 0 Å². The van der Waals surface area contributed by atoms with E-state index in [0.29, 0.717) is 11.8 Å². The van der Waals surface area contributed by atoms with Gasteiger partial charge in [0.25, 0.3) is 0 Å². The first-order valence-electron chi connectivity index (χ1n) is 7.82. The topological polar surface area (TPSA) is 12.4 Å². The normalized spacial score (nSPS) is 13.0. The molecule has 1 unspecified atom stereocenters. The standard InChI is InChI=1S/C20H25N/c1-16(2)15-21-14-13-17(3)18-9-11-20(12-10-18)19-7-5-4-6-8-19/h4-12,15-17H,13-14H2,1-3H3. The van der Waals surface area contributed by atoms with Crippen LogP contribution >= 0.6 is 0 Å². The molecular formula is C20H25N. The van der Waals surface area contributed by atoms with Crippen LogP contribution in [0, 0.1) is 5.92 Å². The van der Waals surface area contributed by atoms with E-state index in [1.54, 1.807) is 0 Å². The Morgan fingerprint density at radius 3 is 2.10 bits per heavy atom. The minimum Gasteiger partial charge on any atom is -0.297 e. The number of aliphatic imine (C=N–C) groups is 1. The molecule has 2 aromatic rings. The maximum Gasteiger partial charge on any atom is 0.0391 e. The van der Waals surface area contributed by atoms with Crippen LogP contribution in [0.15, 0.2) is 59.6 Å². The van der Waals surface area contributed by atoms with E-state index in [9.17, 15) is 0 Å². The Kier molecular flexibility index (Phi) is 5.74. The second-order valence-electron chi connectivity index (χ2n) is 5.98. The minimum atomic E-state index is 0.547. The van der Waals surface area contributed by atoms with Crippen molar-refractivity contribution in [2.45, 2.75) is 33.1 Å². The third-order valence-corrected chi connectivity index (χ3v) is 3.68. The fraction of sp³-hybridized carbons (Fsp3) is 0.350. The molecule has 0 saturated heterocycles. The van der Waals surface area contributed by atoms with E-state index in [-0.39, 0.29) is 0 Å². The second kappa shape index (κ2) is 7.78. The highest BCUT2D eigenvalue weighted by molar-refractivity contribution is 5.63. The molecule has 0 aliphatic heterocycles. The molecule has 21 heavy (non-hydrogen) atoms. The number of rotatable bonds is 6. The highest BCUT2D eigenvalue weighted by Gasteiger charge is 2.05. The number of benzene rings is 2. The SMILES string of the molecule is CC(C)C=NCCC(C)c1ccc(-c2ccccc2)cc1. The summed E-state index contributed by atoms with van der Waals surface area (Å²) in [5, 5.41) is 0. The van der Waals surface area contributed by atoms with Crippen LogP contribution in [0.25, 0.3) is 11.1 Å². The van der Waals surface area contributed by atoms with Crippen LogP contribution in [0.2, 0.25) is 0 Å². The molecule has 1 nitrogen and oxygen atoms in total. The van der Waals surface area contributed by atoms with Crippen molar-refractivity contribution in [1.29, 1.82) is 0 Å². The first kappa shape index (κ1) is 15.5. The van der Waals surface area contributed by atoms with Crippen molar-refractivity contribution in [3.05, 3.63) is 60.2 Å². The Morgan fingerprint density at radius 1 is 0.857 bits per heavy atom. The predicted molar refractivity (Wildman–Crippen MR) is 93.1 cm³/mol. The van der Waals surface area contributed by atoms with Gasteiger partial charge in [-0.3, -0.25) is 4.99 Å². The van der Waals surface area contributed by atoms with Crippen molar-refractivity contribution >= 4 is 6.21 Å². The molecule has 0 aliphatic rings. The van der Waals surface area contributed by atoms with Gasteiger partial charge in [-0.15, -0.1) is 0 Å². The van der Waals surface area contributed by atoms with Crippen LogP contribution in [0.4, 0.5) is 0 Å². The third kappa shape index (κ3) is 4.86. The fourth-order valence-corrected chi connectivity index (χ4v) is 2.35. The van der Waals surface area contributed by atoms with Gasteiger partial charge in [-0.1, -0.05) is 75.4 Å². The van der Waals surface area contributed by atoms with Crippen molar-refractivity contribution in [1.82, 2.24) is 0 Å². The fourth-order valence-electron chi connectivity index (χ4n) is 2.35. The molecule has 1 heteroatoms. The summed E-state index contributed by atoms with van der Waals surface area (Å²) in [6, 6.07) is 19.5. The highest BCUT2D eigenvalue weighted by atomic mass is 14.7. The van der Waals surface area contributed by atoms with Crippen molar-refractivity contribution in [2.75, 3.05) is 6.54 Å². The molecule has 0 amide bonds. The number of nitrogens with zero attached hydrogens (tertiary/aromatic N) is 1. The van der Waals surface area contributed by atoms with Gasteiger partial charge in [0.1, 0.15) is 0 Å². The lowest BCUT2D eigenvalue weighted by atomic mass is 9.95. The van der Waals surface area contributed by atoms with E-state index in [2.05, 4.69) is 80.4 Å². The molecule has 0 heterocycles. The second-order valence-corrected chi connectivity index (χ2v) is 5.98. The van der Waals surface area contributed by atoms with Gasteiger partial charge in [-0.2, -0.15) is 0 Å². The monoisotopic (exact) mass is 279 g/mol. The van der Waals surface area contributed by atoms with Gasteiger partial charge < -0.3 is 0 Å². The molecule has 0 radical (unpaired) electrons. The number of hydrogen-bond acceptors (Lipinski definition) is 1. The predicted octanol–water partition coefficient (Wildman–Crippen LogP) is 5.57. The summed E-state index contributed by atoms with van der Waals surface area (Å²) >= 11 is 0. The smallest absolute Gasteiger partial charge is 0.0391 e. The maximum atomic E-state index is 4.48. The molecule has 0 aliphatic carbocycles. The zero-order valence-electron chi connectivity index (χ0n) is 13.3. The van der Waals surface area contributed by atoms with Gasteiger partial charge in [0.15, 0.2) is 0 Å². The van der Waals surface area contributed by atoms with E-state index < -0.39 is 0 Å². The Morgan fingerprint density at radius 2 is 1.48 bits per heavy atom. The molecular weight excluding hydrogens is 254 g/mol. The van der Waals surface area contributed by atoms with Gasteiger partial charge in [-0.25, -0.2) is 0 Å². The Hall–Kier alpha value is -1.89. The molecule has 1 atom stereocenters. The molecule has 2 aromatic carbocycles. The summed E-state index contributed by atoms with van der Waals surface area (Å²) in [5.74, 6) is 1.10. The van der Waals surface area contributed by atoms with E-state index >= 15 is 0 Å². The van der Waals surface area contributed by atoms with Crippen LogP contribution in [0.3, 0.4) is 0 Å². The molecule has 0 fully saturated rings. The molecule has 0 spiro atoms. The minimum absolute atomic E-state index is 0.547. The van der Waals surface area contributed by atoms with Crippen LogP contribution < -0.4 is 0 Å². The molecule has 0 bridgehead atoms. The summed E-state index contributed by atoms with van der Waals surface area (Å²) in [6.07, 6.45) is 3.15. The average Bonchev–Trinajstić information content (AvgIpc) is 2.52. The highest BCUT2D eigenvalue weighted by Crippen LogP contribution is 2.24. The van der Waals surface area contributed by atoms with Crippen molar-refractivity contribution in [2.24, 2.45) is 10.9 Å². The molecule has 110 valence electrons. The average molecular weight is 279 g/mol. The summed E-state index contributed by atoms with van der Waals surface area (Å²) < 4.78 is 0. The van der Waals surface area contributed by atoms with Gasteiger partial charge in [0.05, 0.1) is 0 Å². The maximum absolute atomic E-state index is 4.48. The zero-order valence-corrected chi connectivity index (χ0v) is 13.3. The van der Waals surface area contributed by atoms with Crippen LogP contribution in [-0.2, 0) is 0 Å². The van der Waals surface area contributed by atoms with Crippen molar-refractivity contribution in [3.8, 4) is 11.1 Å². The summed E-state index contributed by atoms with van der Waals surface area (Å²) in [5.41, 5.74) is 3.96. The van der Waals surface area contributed by atoms with E-state index in [1.807, 2.05) is 6.21 Å². The molecule has 0 N–H and O–H groups in total. The molecule has 0 aromatic heterocycles. The summed E-state index contributed by atoms with van der Waals surface area (Å²) in [4.78, 5) is 4.48. The van der Waals surface area contributed by atoms with E-state index in [0.717, 1.165) is 13.0 Å². The molecule has 0 saturated carbocycles. The summed E-state index contributed by atoms with van der Waals surface area (Å²) in [6.45, 7) is 7.52. The Balaban J connectivity index is 1.95. The van der Waals surface area contributed by atoms with Gasteiger partial charge in [0.2, 0.25) is 0 Å². The van der Waals surface area contributed by atoms with Crippen LogP contribution in [0.5, 0.6) is 0 Å². The quantitative estimate of drug-likeness (QED) is 0.613. The first-order valence-corrected chi connectivity index (χ1v) is 7.82. The van der Waals surface area contributed by atoms with Crippen molar-refractivity contribution < 1.29 is 0 Å². The number of hydrogen-bond donors (Lipinski definition) is 0. The van der Waals surface area contributed by atoms with Gasteiger partial charge in [0, 0.05) is 12.8 Å². The van der Waals surface area contributed by atoms with Crippen LogP contribution in [0.1, 0.15) is 38.7 Å². The van der Waals surface area contributed by atoms with E-state index in [4.69, 9.17) is 0 Å². The van der Waals surface area contributed by atoms with Crippen LogP contribution in [-0.4, -0.2) is 12.8 Å². The lowest BCUT2D eigenvalue weighted by Gasteiger charge is -2.11. The van der Waals surface area contributed by atoms with Crippen molar-refractivity contribution in [3.63, 3.8) is 0 Å². The van der Waals surface area contributed by atoms with E-state index in [1.165, 1.54) is 16.7 Å². The van der Waals surface area contributed by atoms with Gasteiger partial charge in [-0.05, 0) is 34.9 Å². The largest absolute Gasteiger partial charge is 0.297 e. The third-order valence-electron chi connectivity index (χ3n) is 3.68. The Labute approximate surface area is 128 Å². The lowest BCUT2D eigenvalue weighted by molar-refractivity contribution is 0.689. The molecule has 2 rings (SSSR count). The zero-order chi connectivity index (χ0) is 15.1. The lowest BCUT2D eigenvalue weighted by Crippen LogP contribution is -1.97. The first-order chi connectivity index (χ1) is 10.2. The summed E-state index contributed by atoms with van der Waals surface area (Å²) in [7, 11) is 0.